The van der Waals surface area contributed by atoms with Gasteiger partial charge in [-0.1, -0.05) is 5.16 Å². The molecule has 1 saturated carbocycles. The number of likely N-dealkylation sites (tertiary alicyclic amines) is 1. The lowest BCUT2D eigenvalue weighted by Gasteiger charge is -2.23. The minimum absolute atomic E-state index is 0.193. The molecule has 3 aliphatic rings. The van der Waals surface area contributed by atoms with E-state index < -0.39 is 0 Å². The van der Waals surface area contributed by atoms with Gasteiger partial charge in [0.25, 0.3) is 0 Å². The molecule has 1 aromatic carbocycles. The Morgan fingerprint density at radius 1 is 1.20 bits per heavy atom. The van der Waals surface area contributed by atoms with E-state index in [0.29, 0.717) is 61.7 Å². The first-order chi connectivity index (χ1) is 14.8. The second kappa shape index (κ2) is 8.51. The van der Waals surface area contributed by atoms with E-state index in [1.54, 1.807) is 17.0 Å². The topological polar surface area (TPSA) is 99.0 Å². The molecule has 1 unspecified atom stereocenters. The van der Waals surface area contributed by atoms with Gasteiger partial charge in [-0.25, -0.2) is 4.79 Å². The number of carbonyl (C=O) groups is 1. The molecule has 0 radical (unpaired) electrons. The normalized spacial score (nSPS) is 20.4. The number of carbonyl (C=O) groups excluding carboxylic acids is 1. The molecule has 1 aromatic heterocycles. The van der Waals surface area contributed by atoms with Crippen LogP contribution in [0.25, 0.3) is 0 Å². The minimum Gasteiger partial charge on any atom is -0.486 e. The number of benzene rings is 1. The third-order valence-corrected chi connectivity index (χ3v) is 5.60. The molecule has 9 heteroatoms. The third kappa shape index (κ3) is 4.35. The van der Waals surface area contributed by atoms with Gasteiger partial charge in [0.2, 0.25) is 5.89 Å². The van der Waals surface area contributed by atoms with E-state index in [1.165, 1.54) is 12.8 Å². The average Bonchev–Trinajstić information content (AvgIpc) is 3.25. The molecule has 160 valence electrons. The Labute approximate surface area is 174 Å². The highest BCUT2D eigenvalue weighted by Gasteiger charge is 2.34. The van der Waals surface area contributed by atoms with Crippen LogP contribution in [0.5, 0.6) is 11.5 Å². The molecule has 1 N–H and O–H groups in total. The highest BCUT2D eigenvalue weighted by Crippen LogP contribution is 2.34. The van der Waals surface area contributed by atoms with Gasteiger partial charge in [0, 0.05) is 31.3 Å². The van der Waals surface area contributed by atoms with Gasteiger partial charge in [0.15, 0.2) is 17.3 Å². The molecule has 3 heterocycles. The number of hydrogen-bond acceptors (Lipinski definition) is 7. The number of rotatable bonds is 7. The van der Waals surface area contributed by atoms with E-state index in [1.807, 2.05) is 6.07 Å². The number of hydrogen-bond donors (Lipinski definition) is 1. The largest absolute Gasteiger partial charge is 0.486 e. The molecular formula is C21H26N4O5. The molecule has 1 aliphatic carbocycles. The van der Waals surface area contributed by atoms with Gasteiger partial charge in [-0.15, -0.1) is 0 Å². The molecule has 2 aliphatic heterocycles. The Morgan fingerprint density at radius 3 is 2.93 bits per heavy atom. The summed E-state index contributed by atoms with van der Waals surface area (Å²) in [6.45, 7) is 3.09. The van der Waals surface area contributed by atoms with Gasteiger partial charge in [0.05, 0.1) is 6.61 Å². The fraction of sp³-hybridized carbons (Fsp3) is 0.571. The number of nitrogens with zero attached hydrogens (tertiary/aromatic N) is 3. The number of urea groups is 1. The lowest BCUT2D eigenvalue weighted by molar-refractivity contribution is 0.125. The standard InChI is InChI=1S/C21H26N4O5/c26-21(22-15-5-6-17-18(12-15)29-11-10-28-17)25-8-1-2-16(25)20-23-19(24-30-20)7-9-27-13-14-3-4-14/h5-6,12,14,16H,1-4,7-11,13H2,(H,22,26). The van der Waals surface area contributed by atoms with Crippen molar-refractivity contribution in [1.29, 1.82) is 0 Å². The van der Waals surface area contributed by atoms with Gasteiger partial charge in [-0.05, 0) is 43.7 Å². The molecule has 0 bridgehead atoms. The van der Waals surface area contributed by atoms with Crippen molar-refractivity contribution in [2.75, 3.05) is 38.3 Å². The molecule has 2 aromatic rings. The van der Waals surface area contributed by atoms with E-state index in [9.17, 15) is 4.79 Å². The van der Waals surface area contributed by atoms with Crippen LogP contribution in [0.2, 0.25) is 0 Å². The fourth-order valence-corrected chi connectivity index (χ4v) is 3.79. The fourth-order valence-electron chi connectivity index (χ4n) is 3.79. The molecule has 30 heavy (non-hydrogen) atoms. The molecule has 9 nitrogen and oxygen atoms in total. The summed E-state index contributed by atoms with van der Waals surface area (Å²) in [6.07, 6.45) is 4.86. The first kappa shape index (κ1) is 19.2. The van der Waals surface area contributed by atoms with Gasteiger partial charge in [-0.3, -0.25) is 0 Å². The number of nitrogens with one attached hydrogen (secondary N) is 1. The number of anilines is 1. The molecule has 2 amide bonds. The number of aromatic nitrogens is 2. The van der Waals surface area contributed by atoms with Crippen molar-refractivity contribution in [3.05, 3.63) is 29.9 Å². The van der Waals surface area contributed by atoms with E-state index in [2.05, 4.69) is 15.5 Å². The zero-order valence-electron chi connectivity index (χ0n) is 16.8. The summed E-state index contributed by atoms with van der Waals surface area (Å²) in [5.41, 5.74) is 0.661. The van der Waals surface area contributed by atoms with Crippen LogP contribution in [0.1, 0.15) is 43.4 Å². The predicted molar refractivity (Wildman–Crippen MR) is 107 cm³/mol. The number of amides is 2. The van der Waals surface area contributed by atoms with Crippen molar-refractivity contribution in [2.45, 2.75) is 38.1 Å². The van der Waals surface area contributed by atoms with Crippen molar-refractivity contribution in [1.82, 2.24) is 15.0 Å². The summed E-state index contributed by atoms with van der Waals surface area (Å²) in [5, 5.41) is 7.00. The monoisotopic (exact) mass is 414 g/mol. The summed E-state index contributed by atoms with van der Waals surface area (Å²) in [6, 6.07) is 4.99. The van der Waals surface area contributed by atoms with Crippen LogP contribution in [0.3, 0.4) is 0 Å². The van der Waals surface area contributed by atoms with Crippen molar-refractivity contribution >= 4 is 11.7 Å². The maximum absolute atomic E-state index is 12.9. The smallest absolute Gasteiger partial charge is 0.322 e. The molecule has 5 rings (SSSR count). The molecule has 2 fully saturated rings. The van der Waals surface area contributed by atoms with Crippen LogP contribution in [-0.4, -0.2) is 54.0 Å². The molecule has 1 atom stereocenters. The summed E-state index contributed by atoms with van der Waals surface area (Å²) >= 11 is 0. The van der Waals surface area contributed by atoms with Crippen molar-refractivity contribution < 1.29 is 23.5 Å². The van der Waals surface area contributed by atoms with Crippen LogP contribution < -0.4 is 14.8 Å². The van der Waals surface area contributed by atoms with Gasteiger partial charge >= 0.3 is 6.03 Å². The average molecular weight is 414 g/mol. The summed E-state index contributed by atoms with van der Waals surface area (Å²) in [5.74, 6) is 3.19. The first-order valence-electron chi connectivity index (χ1n) is 10.6. The molecule has 0 spiro atoms. The zero-order chi connectivity index (χ0) is 20.3. The SMILES string of the molecule is O=C(Nc1ccc2c(c1)OCCO2)N1CCCC1c1nc(CCOCC2CC2)no1. The number of fused-ring (bicyclic) bond motifs is 1. The van der Waals surface area contributed by atoms with Crippen LogP contribution in [0.15, 0.2) is 22.7 Å². The Bertz CT molecular complexity index is 897. The maximum Gasteiger partial charge on any atom is 0.322 e. The van der Waals surface area contributed by atoms with Gasteiger partial charge < -0.3 is 29.0 Å². The Kier molecular flexibility index (Phi) is 5.44. The maximum atomic E-state index is 12.9. The van der Waals surface area contributed by atoms with E-state index in [4.69, 9.17) is 18.7 Å². The molecular weight excluding hydrogens is 388 g/mol. The summed E-state index contributed by atoms with van der Waals surface area (Å²) in [7, 11) is 0. The zero-order valence-corrected chi connectivity index (χ0v) is 16.8. The Balaban J connectivity index is 1.19. The Morgan fingerprint density at radius 2 is 2.07 bits per heavy atom. The van der Waals surface area contributed by atoms with Crippen molar-refractivity contribution in [3.63, 3.8) is 0 Å². The summed E-state index contributed by atoms with van der Waals surface area (Å²) < 4.78 is 22.2. The second-order valence-electron chi connectivity index (χ2n) is 7.96. The summed E-state index contributed by atoms with van der Waals surface area (Å²) in [4.78, 5) is 19.1. The highest BCUT2D eigenvalue weighted by atomic mass is 16.6. The second-order valence-corrected chi connectivity index (χ2v) is 7.96. The van der Waals surface area contributed by atoms with Gasteiger partial charge in [0.1, 0.15) is 19.3 Å². The minimum atomic E-state index is -0.212. The van der Waals surface area contributed by atoms with Crippen LogP contribution in [-0.2, 0) is 11.2 Å². The van der Waals surface area contributed by atoms with Crippen LogP contribution in [0, 0.1) is 5.92 Å². The van der Waals surface area contributed by atoms with Crippen molar-refractivity contribution in [3.8, 4) is 11.5 Å². The first-order valence-corrected chi connectivity index (χ1v) is 10.6. The van der Waals surface area contributed by atoms with Gasteiger partial charge in [-0.2, -0.15) is 4.98 Å². The van der Waals surface area contributed by atoms with Crippen molar-refractivity contribution in [2.24, 2.45) is 5.92 Å². The quantitative estimate of drug-likeness (QED) is 0.695. The lowest BCUT2D eigenvalue weighted by atomic mass is 10.2. The van der Waals surface area contributed by atoms with Crippen LogP contribution in [0.4, 0.5) is 10.5 Å². The highest BCUT2D eigenvalue weighted by molar-refractivity contribution is 5.90. The number of ether oxygens (including phenoxy) is 3. The van der Waals surface area contributed by atoms with Crippen LogP contribution >= 0.6 is 0 Å². The Hall–Kier alpha value is -2.81. The third-order valence-electron chi connectivity index (χ3n) is 5.60. The van der Waals surface area contributed by atoms with E-state index >= 15 is 0 Å². The van der Waals surface area contributed by atoms with E-state index in [0.717, 1.165) is 25.4 Å². The van der Waals surface area contributed by atoms with E-state index in [-0.39, 0.29) is 12.1 Å². The predicted octanol–water partition coefficient (Wildman–Crippen LogP) is 3.18. The molecule has 1 saturated heterocycles. The lowest BCUT2D eigenvalue weighted by Crippen LogP contribution is -2.34.